The Labute approximate surface area is 199 Å². The van der Waals surface area contributed by atoms with E-state index in [0.717, 1.165) is 21.0 Å². The minimum absolute atomic E-state index is 0.0890. The molecule has 0 saturated carbocycles. The molecule has 1 aliphatic rings. The van der Waals surface area contributed by atoms with Crippen LogP contribution in [0.25, 0.3) is 0 Å². The highest BCUT2D eigenvalue weighted by molar-refractivity contribution is 7.90. The molecule has 176 valence electrons. The summed E-state index contributed by atoms with van der Waals surface area (Å²) < 4.78 is 32.3. The molecule has 3 aromatic carbocycles. The Bertz CT molecular complexity index is 1320. The lowest BCUT2D eigenvalue weighted by molar-refractivity contribution is 0.0845. The number of rotatable bonds is 8. The molecule has 1 N–H and O–H groups in total. The van der Waals surface area contributed by atoms with E-state index in [1.54, 1.807) is 13.8 Å². The van der Waals surface area contributed by atoms with E-state index in [4.69, 9.17) is 4.74 Å². The molecule has 0 fully saturated rings. The average molecular weight is 479 g/mol. The molecule has 0 spiro atoms. The number of nitrogens with zero attached hydrogens (tertiary/aromatic N) is 1. The Morgan fingerprint density at radius 3 is 2.32 bits per heavy atom. The van der Waals surface area contributed by atoms with Gasteiger partial charge in [-0.2, -0.15) is 0 Å². The first kappa shape index (κ1) is 23.7. The molecule has 0 aromatic heterocycles. The molecule has 4 rings (SSSR count). The minimum atomic E-state index is -3.97. The SMILES string of the molecule is CC(C)N1C(=O)c2ccc(C(=O)NCc3ccccc3COCc3ccccc3)cc2S1(=O)=O. The normalized spacial score (nSPS) is 14.3. The summed E-state index contributed by atoms with van der Waals surface area (Å²) in [5, 5.41) is 2.84. The van der Waals surface area contributed by atoms with Gasteiger partial charge < -0.3 is 10.1 Å². The number of benzene rings is 3. The smallest absolute Gasteiger partial charge is 0.269 e. The predicted molar refractivity (Wildman–Crippen MR) is 127 cm³/mol. The maximum Gasteiger partial charge on any atom is 0.269 e. The zero-order valence-corrected chi connectivity index (χ0v) is 19.8. The average Bonchev–Trinajstić information content (AvgIpc) is 3.03. The highest BCUT2D eigenvalue weighted by atomic mass is 32.2. The van der Waals surface area contributed by atoms with Gasteiger partial charge in [0.15, 0.2) is 0 Å². The third-order valence-corrected chi connectivity index (χ3v) is 7.61. The molecule has 0 aliphatic carbocycles. The van der Waals surface area contributed by atoms with Gasteiger partial charge in [0.1, 0.15) is 4.90 Å². The van der Waals surface area contributed by atoms with E-state index < -0.39 is 27.9 Å². The van der Waals surface area contributed by atoms with Crippen molar-refractivity contribution in [3.63, 3.8) is 0 Å². The van der Waals surface area contributed by atoms with E-state index >= 15 is 0 Å². The first-order valence-corrected chi connectivity index (χ1v) is 12.4. The monoisotopic (exact) mass is 478 g/mol. The van der Waals surface area contributed by atoms with Crippen LogP contribution in [0.2, 0.25) is 0 Å². The van der Waals surface area contributed by atoms with Crippen molar-refractivity contribution in [1.29, 1.82) is 0 Å². The van der Waals surface area contributed by atoms with Crippen molar-refractivity contribution in [3.8, 4) is 0 Å². The summed E-state index contributed by atoms with van der Waals surface area (Å²) in [6, 6.07) is 21.2. The fraction of sp³-hybridized carbons (Fsp3) is 0.231. The molecule has 0 unspecified atom stereocenters. The van der Waals surface area contributed by atoms with Crippen LogP contribution in [0.5, 0.6) is 0 Å². The number of carbonyl (C=O) groups is 2. The van der Waals surface area contributed by atoms with Crippen LogP contribution in [0.3, 0.4) is 0 Å². The Balaban J connectivity index is 1.43. The van der Waals surface area contributed by atoms with Gasteiger partial charge in [0.05, 0.1) is 18.8 Å². The van der Waals surface area contributed by atoms with Crippen molar-refractivity contribution in [2.45, 2.75) is 44.5 Å². The van der Waals surface area contributed by atoms with Gasteiger partial charge in [0.2, 0.25) is 0 Å². The Morgan fingerprint density at radius 2 is 1.62 bits per heavy atom. The molecule has 34 heavy (non-hydrogen) atoms. The maximum atomic E-state index is 12.8. The largest absolute Gasteiger partial charge is 0.372 e. The third-order valence-electron chi connectivity index (χ3n) is 5.61. The second-order valence-corrected chi connectivity index (χ2v) is 10.1. The van der Waals surface area contributed by atoms with Crippen LogP contribution >= 0.6 is 0 Å². The molecule has 7 nitrogen and oxygen atoms in total. The molecular formula is C26H26N2O5S. The van der Waals surface area contributed by atoms with E-state index in [2.05, 4.69) is 5.32 Å². The molecule has 2 amide bonds. The topological polar surface area (TPSA) is 92.8 Å². The third kappa shape index (κ3) is 4.73. The van der Waals surface area contributed by atoms with Gasteiger partial charge in [-0.1, -0.05) is 54.6 Å². The van der Waals surface area contributed by atoms with Gasteiger partial charge in [-0.3, -0.25) is 9.59 Å². The zero-order valence-electron chi connectivity index (χ0n) is 19.0. The number of nitrogens with one attached hydrogen (secondary N) is 1. The summed E-state index contributed by atoms with van der Waals surface area (Å²) >= 11 is 0. The van der Waals surface area contributed by atoms with Gasteiger partial charge in [-0.15, -0.1) is 0 Å². The van der Waals surface area contributed by atoms with Gasteiger partial charge in [0, 0.05) is 18.2 Å². The molecule has 0 saturated heterocycles. The van der Waals surface area contributed by atoms with Crippen molar-refractivity contribution in [2.75, 3.05) is 0 Å². The van der Waals surface area contributed by atoms with Crippen molar-refractivity contribution < 1.29 is 22.7 Å². The van der Waals surface area contributed by atoms with Crippen molar-refractivity contribution in [1.82, 2.24) is 9.62 Å². The highest BCUT2D eigenvalue weighted by Gasteiger charge is 2.42. The minimum Gasteiger partial charge on any atom is -0.372 e. The van der Waals surface area contributed by atoms with Gasteiger partial charge in [0.25, 0.3) is 21.8 Å². The summed E-state index contributed by atoms with van der Waals surface area (Å²) in [7, 11) is -3.97. The van der Waals surface area contributed by atoms with Crippen LogP contribution in [-0.4, -0.2) is 30.6 Å². The van der Waals surface area contributed by atoms with Gasteiger partial charge in [-0.25, -0.2) is 12.7 Å². The second-order valence-electron chi connectivity index (χ2n) is 8.34. The fourth-order valence-corrected chi connectivity index (χ4v) is 5.69. The number of carbonyl (C=O) groups excluding carboxylic acids is 2. The van der Waals surface area contributed by atoms with Crippen LogP contribution in [0.4, 0.5) is 0 Å². The molecule has 8 heteroatoms. The van der Waals surface area contributed by atoms with Crippen LogP contribution < -0.4 is 5.32 Å². The summed E-state index contributed by atoms with van der Waals surface area (Å²) in [4.78, 5) is 25.2. The molecule has 0 radical (unpaired) electrons. The number of hydrogen-bond donors (Lipinski definition) is 1. The molecule has 3 aromatic rings. The van der Waals surface area contributed by atoms with Crippen LogP contribution in [0, 0.1) is 0 Å². The zero-order chi connectivity index (χ0) is 24.3. The lowest BCUT2D eigenvalue weighted by Crippen LogP contribution is -2.36. The van der Waals surface area contributed by atoms with E-state index in [9.17, 15) is 18.0 Å². The van der Waals surface area contributed by atoms with Crippen LogP contribution in [0.1, 0.15) is 51.3 Å². The first-order valence-electron chi connectivity index (χ1n) is 11.0. The predicted octanol–water partition coefficient (Wildman–Crippen LogP) is 3.89. The number of fused-ring (bicyclic) bond motifs is 1. The summed E-state index contributed by atoms with van der Waals surface area (Å²) in [5.74, 6) is -0.991. The molecule has 0 atom stereocenters. The fourth-order valence-electron chi connectivity index (χ4n) is 3.90. The number of sulfonamides is 1. The van der Waals surface area contributed by atoms with Crippen molar-refractivity contribution in [2.24, 2.45) is 0 Å². The molecule has 0 bridgehead atoms. The number of hydrogen-bond acceptors (Lipinski definition) is 5. The number of amides is 2. The lowest BCUT2D eigenvalue weighted by atomic mass is 10.1. The van der Waals surface area contributed by atoms with Gasteiger partial charge >= 0.3 is 0 Å². The van der Waals surface area contributed by atoms with E-state index in [1.807, 2.05) is 54.6 Å². The molecule has 1 heterocycles. The number of ether oxygens (including phenoxy) is 1. The van der Waals surface area contributed by atoms with E-state index in [-0.39, 0.29) is 22.6 Å². The Hall–Kier alpha value is -3.49. The van der Waals surface area contributed by atoms with E-state index in [0.29, 0.717) is 13.2 Å². The standard InChI is InChI=1S/C26H26N2O5S/c1-18(2)28-26(30)23-13-12-20(14-24(23)34(28,31)32)25(29)27-15-21-10-6-7-11-22(21)17-33-16-19-8-4-3-5-9-19/h3-14,18H,15-17H2,1-2H3,(H,27,29). The quantitative estimate of drug-likeness (QED) is 0.530. The summed E-state index contributed by atoms with van der Waals surface area (Å²) in [6.07, 6.45) is 0. The van der Waals surface area contributed by atoms with Crippen LogP contribution in [-0.2, 0) is 34.5 Å². The van der Waals surface area contributed by atoms with Crippen LogP contribution in [0.15, 0.2) is 77.7 Å². The second kappa shape index (κ2) is 9.79. The van der Waals surface area contributed by atoms with E-state index in [1.165, 1.54) is 18.2 Å². The molecular weight excluding hydrogens is 452 g/mol. The van der Waals surface area contributed by atoms with Crippen molar-refractivity contribution >= 4 is 21.8 Å². The van der Waals surface area contributed by atoms with Crippen molar-refractivity contribution in [3.05, 3.63) is 101 Å². The maximum absolute atomic E-state index is 12.8. The highest BCUT2D eigenvalue weighted by Crippen LogP contribution is 2.32. The molecule has 1 aliphatic heterocycles. The lowest BCUT2D eigenvalue weighted by Gasteiger charge is -2.18. The first-order chi connectivity index (χ1) is 16.3. The Kier molecular flexibility index (Phi) is 6.81. The summed E-state index contributed by atoms with van der Waals surface area (Å²) in [5.41, 5.74) is 3.20. The summed E-state index contributed by atoms with van der Waals surface area (Å²) in [6.45, 7) is 4.40. The Morgan fingerprint density at radius 1 is 0.941 bits per heavy atom. The van der Waals surface area contributed by atoms with Gasteiger partial charge in [-0.05, 0) is 48.7 Å².